The van der Waals surface area contributed by atoms with E-state index < -0.39 is 16.0 Å². The molecule has 2 aromatic heterocycles. The van der Waals surface area contributed by atoms with Crippen LogP contribution < -0.4 is 4.72 Å². The number of rotatable bonds is 5. The van der Waals surface area contributed by atoms with Crippen molar-refractivity contribution in [2.45, 2.75) is 18.4 Å². The number of carbonyl (C=O) groups is 1. The first-order chi connectivity index (χ1) is 9.44. The third-order valence-electron chi connectivity index (χ3n) is 2.59. The fourth-order valence-electron chi connectivity index (χ4n) is 1.52. The Morgan fingerprint density at radius 2 is 2.15 bits per heavy atom. The lowest BCUT2D eigenvalue weighted by atomic mass is 10.3. The quantitative estimate of drug-likeness (QED) is 0.751. The number of pyridine rings is 1. The largest absolute Gasteiger partial charge is 0.478 e. The van der Waals surface area contributed by atoms with E-state index in [9.17, 15) is 13.2 Å². The van der Waals surface area contributed by atoms with Crippen LogP contribution in [0.4, 0.5) is 5.82 Å². The van der Waals surface area contributed by atoms with Crippen LogP contribution in [0.15, 0.2) is 29.6 Å². The summed E-state index contributed by atoms with van der Waals surface area (Å²) >= 11 is 0. The van der Waals surface area contributed by atoms with Crippen LogP contribution >= 0.6 is 0 Å². The second kappa shape index (κ2) is 5.29. The van der Waals surface area contributed by atoms with Crippen LogP contribution in [0, 0.1) is 0 Å². The third-order valence-corrected chi connectivity index (χ3v) is 3.86. The Bertz CT molecular complexity index is 721. The van der Waals surface area contributed by atoms with Crippen LogP contribution in [-0.2, 0) is 16.4 Å². The smallest absolute Gasteiger partial charge is 0.337 e. The molecule has 0 aliphatic rings. The highest BCUT2D eigenvalue weighted by Crippen LogP contribution is 2.16. The Hall–Kier alpha value is -2.42. The van der Waals surface area contributed by atoms with E-state index in [0.29, 0.717) is 6.42 Å². The number of anilines is 1. The molecular formula is C11H12N4O4S. The van der Waals surface area contributed by atoms with Crippen molar-refractivity contribution in [3.63, 3.8) is 0 Å². The lowest BCUT2D eigenvalue weighted by Gasteiger charge is -2.06. The first-order valence-corrected chi connectivity index (χ1v) is 7.16. The van der Waals surface area contributed by atoms with Crippen LogP contribution in [0.3, 0.4) is 0 Å². The number of aromatic nitrogens is 3. The molecule has 2 aromatic rings. The molecule has 0 aliphatic heterocycles. The highest BCUT2D eigenvalue weighted by molar-refractivity contribution is 7.92. The summed E-state index contributed by atoms with van der Waals surface area (Å²) in [6, 6.07) is 2.31. The molecule has 0 fully saturated rings. The Morgan fingerprint density at radius 1 is 1.40 bits per heavy atom. The van der Waals surface area contributed by atoms with Crippen LogP contribution in [0.25, 0.3) is 0 Å². The van der Waals surface area contributed by atoms with Gasteiger partial charge in [0, 0.05) is 11.8 Å². The Kier molecular flexibility index (Phi) is 3.70. The van der Waals surface area contributed by atoms with Gasteiger partial charge in [-0.1, -0.05) is 6.92 Å². The summed E-state index contributed by atoms with van der Waals surface area (Å²) in [5.74, 6) is -0.896. The second-order valence-electron chi connectivity index (χ2n) is 3.92. The highest BCUT2D eigenvalue weighted by atomic mass is 32.2. The molecule has 0 saturated heterocycles. The number of nitrogens with zero attached hydrogens (tertiary/aromatic N) is 2. The summed E-state index contributed by atoms with van der Waals surface area (Å²) in [6.45, 7) is 1.86. The molecule has 0 aliphatic carbocycles. The molecule has 0 amide bonds. The number of H-pyrrole nitrogens is 1. The summed E-state index contributed by atoms with van der Waals surface area (Å²) in [6.07, 6.45) is 3.13. The predicted molar refractivity (Wildman–Crippen MR) is 70.0 cm³/mol. The molecule has 3 N–H and O–H groups in total. The van der Waals surface area contributed by atoms with E-state index in [0.717, 1.165) is 17.8 Å². The number of hydrogen-bond donors (Lipinski definition) is 3. The molecule has 106 valence electrons. The first-order valence-electron chi connectivity index (χ1n) is 5.68. The molecule has 2 heterocycles. The number of carboxylic acids is 1. The molecule has 2 rings (SSSR count). The van der Waals surface area contributed by atoms with Gasteiger partial charge in [0.15, 0.2) is 5.03 Å². The standard InChI is InChI=1S/C11H12N4O4S/c1-2-7-6-13-14-10(7)15-20(18,19)9-4-3-8(5-12-9)11(16)17/h3-6H,2H2,1H3,(H,16,17)(H2,13,14,15). The maximum atomic E-state index is 12.1. The van der Waals surface area contributed by atoms with E-state index in [1.165, 1.54) is 12.3 Å². The zero-order valence-electron chi connectivity index (χ0n) is 10.5. The van der Waals surface area contributed by atoms with Gasteiger partial charge in [0.1, 0.15) is 5.82 Å². The lowest BCUT2D eigenvalue weighted by Crippen LogP contribution is -2.16. The van der Waals surface area contributed by atoms with Gasteiger partial charge in [0.25, 0.3) is 10.0 Å². The molecular weight excluding hydrogens is 284 g/mol. The SMILES string of the molecule is CCc1cn[nH]c1NS(=O)(=O)c1ccc(C(=O)O)cn1. The van der Waals surface area contributed by atoms with Gasteiger partial charge in [0.05, 0.1) is 11.8 Å². The number of aryl methyl sites for hydroxylation is 1. The molecule has 0 aromatic carbocycles. The number of aromatic amines is 1. The monoisotopic (exact) mass is 296 g/mol. The number of carboxylic acid groups (broad SMARTS) is 1. The minimum absolute atomic E-state index is 0.0836. The maximum absolute atomic E-state index is 12.1. The molecule has 0 bridgehead atoms. The van der Waals surface area contributed by atoms with E-state index in [2.05, 4.69) is 19.9 Å². The molecule has 8 nitrogen and oxygen atoms in total. The van der Waals surface area contributed by atoms with Gasteiger partial charge in [0.2, 0.25) is 0 Å². The van der Waals surface area contributed by atoms with E-state index in [-0.39, 0.29) is 16.4 Å². The minimum atomic E-state index is -3.88. The highest BCUT2D eigenvalue weighted by Gasteiger charge is 2.18. The average Bonchev–Trinajstić information content (AvgIpc) is 2.85. The fourth-order valence-corrected chi connectivity index (χ4v) is 2.51. The van der Waals surface area contributed by atoms with Gasteiger partial charge in [-0.25, -0.2) is 9.78 Å². The van der Waals surface area contributed by atoms with Crippen molar-refractivity contribution in [3.8, 4) is 0 Å². The maximum Gasteiger partial charge on any atom is 0.337 e. The van der Waals surface area contributed by atoms with Crippen molar-refractivity contribution in [3.05, 3.63) is 35.7 Å². The van der Waals surface area contributed by atoms with Gasteiger partial charge >= 0.3 is 5.97 Å². The van der Waals surface area contributed by atoms with E-state index >= 15 is 0 Å². The van der Waals surface area contributed by atoms with Crippen molar-refractivity contribution < 1.29 is 18.3 Å². The van der Waals surface area contributed by atoms with Crippen molar-refractivity contribution in [1.29, 1.82) is 0 Å². The summed E-state index contributed by atoms with van der Waals surface area (Å²) in [7, 11) is -3.88. The molecule has 20 heavy (non-hydrogen) atoms. The normalized spacial score (nSPS) is 11.2. The van der Waals surface area contributed by atoms with Crippen LogP contribution in [0.5, 0.6) is 0 Å². The first kappa shape index (κ1) is 14.0. The molecule has 0 saturated carbocycles. The van der Waals surface area contributed by atoms with Crippen LogP contribution in [0.1, 0.15) is 22.8 Å². The average molecular weight is 296 g/mol. The third kappa shape index (κ3) is 2.77. The summed E-state index contributed by atoms with van der Waals surface area (Å²) in [5.41, 5.74) is 0.635. The van der Waals surface area contributed by atoms with Crippen LogP contribution in [-0.4, -0.2) is 34.7 Å². The number of sulfonamides is 1. The van der Waals surface area contributed by atoms with E-state index in [4.69, 9.17) is 5.11 Å². The fraction of sp³-hybridized carbons (Fsp3) is 0.182. The molecule has 0 atom stereocenters. The van der Waals surface area contributed by atoms with Gasteiger partial charge in [-0.2, -0.15) is 13.5 Å². The van der Waals surface area contributed by atoms with E-state index in [1.807, 2.05) is 6.92 Å². The minimum Gasteiger partial charge on any atom is -0.478 e. The Balaban J connectivity index is 2.28. The second-order valence-corrected chi connectivity index (χ2v) is 5.55. The van der Waals surface area contributed by atoms with Gasteiger partial charge in [-0.3, -0.25) is 9.82 Å². The summed E-state index contributed by atoms with van der Waals surface area (Å²) in [5, 5.41) is 14.8. The van der Waals surface area contributed by atoms with Gasteiger partial charge < -0.3 is 5.11 Å². The van der Waals surface area contributed by atoms with E-state index in [1.54, 1.807) is 0 Å². The Labute approximate surface area is 114 Å². The predicted octanol–water partition coefficient (Wildman–Crippen LogP) is 0.866. The zero-order valence-corrected chi connectivity index (χ0v) is 11.3. The zero-order chi connectivity index (χ0) is 14.8. The molecule has 0 radical (unpaired) electrons. The van der Waals surface area contributed by atoms with Gasteiger partial charge in [-0.05, 0) is 18.6 Å². The number of hydrogen-bond acceptors (Lipinski definition) is 5. The number of nitrogens with one attached hydrogen (secondary N) is 2. The van der Waals surface area contributed by atoms with Crippen molar-refractivity contribution in [2.24, 2.45) is 0 Å². The van der Waals surface area contributed by atoms with Gasteiger partial charge in [-0.15, -0.1) is 0 Å². The van der Waals surface area contributed by atoms with Crippen molar-refractivity contribution >= 4 is 21.8 Å². The van der Waals surface area contributed by atoms with Crippen molar-refractivity contribution in [2.75, 3.05) is 4.72 Å². The molecule has 9 heteroatoms. The van der Waals surface area contributed by atoms with Crippen molar-refractivity contribution in [1.82, 2.24) is 15.2 Å². The molecule has 0 unspecified atom stereocenters. The Morgan fingerprint density at radius 3 is 2.70 bits per heavy atom. The topological polar surface area (TPSA) is 125 Å². The number of aromatic carboxylic acids is 1. The summed E-state index contributed by atoms with van der Waals surface area (Å²) < 4.78 is 26.5. The van der Waals surface area contributed by atoms with Crippen LogP contribution in [0.2, 0.25) is 0 Å². The summed E-state index contributed by atoms with van der Waals surface area (Å²) in [4.78, 5) is 14.3. The molecule has 0 spiro atoms. The lowest BCUT2D eigenvalue weighted by molar-refractivity contribution is 0.0696.